The van der Waals surface area contributed by atoms with Gasteiger partial charge in [0.15, 0.2) is 0 Å². The Morgan fingerprint density at radius 2 is 2.27 bits per heavy atom. The van der Waals surface area contributed by atoms with Gasteiger partial charge in [-0.3, -0.25) is 4.79 Å². The van der Waals surface area contributed by atoms with Gasteiger partial charge in [-0.05, 0) is 12.3 Å². The summed E-state index contributed by atoms with van der Waals surface area (Å²) in [6.07, 6.45) is 1.68. The quantitative estimate of drug-likeness (QED) is 0.701. The van der Waals surface area contributed by atoms with Crippen molar-refractivity contribution in [2.45, 2.75) is 38.8 Å². The number of hydrogen-bond donors (Lipinski definition) is 2. The van der Waals surface area contributed by atoms with E-state index in [0.717, 1.165) is 19.5 Å². The number of carbonyl (C=O) groups is 1. The molecule has 0 saturated carbocycles. The van der Waals surface area contributed by atoms with E-state index in [9.17, 15) is 4.79 Å². The van der Waals surface area contributed by atoms with Crippen LogP contribution in [0, 0.1) is 5.92 Å². The Kier molecular flexibility index (Phi) is 5.05. The van der Waals surface area contributed by atoms with Gasteiger partial charge in [-0.25, -0.2) is 0 Å². The lowest BCUT2D eigenvalue weighted by Crippen LogP contribution is -2.43. The lowest BCUT2D eigenvalue weighted by Gasteiger charge is -2.18. The summed E-state index contributed by atoms with van der Waals surface area (Å²) in [5.74, 6) is 0.718. The minimum absolute atomic E-state index is 0.119. The highest BCUT2D eigenvalue weighted by Crippen LogP contribution is 2.06. The highest BCUT2D eigenvalue weighted by molar-refractivity contribution is 5.76. The zero-order chi connectivity index (χ0) is 11.3. The molecule has 1 aliphatic heterocycles. The van der Waals surface area contributed by atoms with Crippen LogP contribution in [0.1, 0.15) is 26.7 Å². The van der Waals surface area contributed by atoms with Crippen LogP contribution in [-0.4, -0.2) is 38.3 Å². The molecule has 1 unspecified atom stereocenters. The van der Waals surface area contributed by atoms with E-state index in [2.05, 4.69) is 24.5 Å². The molecule has 4 heteroatoms. The van der Waals surface area contributed by atoms with Crippen LogP contribution in [0.15, 0.2) is 0 Å². The standard InChI is InChI=1S/C11H22N2O2/c1-8(2)4-5-11(14)13-9-6-12-7-10(9)15-3/h8-10,12H,4-7H2,1-3H3,(H,13,14)/t9?,10-/m0/s1. The third-order valence-electron chi connectivity index (χ3n) is 2.76. The second kappa shape index (κ2) is 6.08. The zero-order valence-electron chi connectivity index (χ0n) is 9.88. The Hall–Kier alpha value is -0.610. The molecule has 1 saturated heterocycles. The van der Waals surface area contributed by atoms with Gasteiger partial charge in [0.25, 0.3) is 0 Å². The van der Waals surface area contributed by atoms with Crippen LogP contribution in [0.3, 0.4) is 0 Å². The summed E-state index contributed by atoms with van der Waals surface area (Å²) in [5.41, 5.74) is 0. The van der Waals surface area contributed by atoms with Crippen LogP contribution in [0.25, 0.3) is 0 Å². The number of rotatable bonds is 5. The predicted molar refractivity (Wildman–Crippen MR) is 59.7 cm³/mol. The van der Waals surface area contributed by atoms with E-state index in [1.54, 1.807) is 7.11 Å². The third kappa shape index (κ3) is 4.18. The van der Waals surface area contributed by atoms with E-state index in [1.807, 2.05) is 0 Å². The summed E-state index contributed by atoms with van der Waals surface area (Å²) in [6, 6.07) is 0.134. The maximum Gasteiger partial charge on any atom is 0.220 e. The van der Waals surface area contributed by atoms with Crippen molar-refractivity contribution in [1.82, 2.24) is 10.6 Å². The highest BCUT2D eigenvalue weighted by atomic mass is 16.5. The molecule has 0 bridgehead atoms. The van der Waals surface area contributed by atoms with E-state index < -0.39 is 0 Å². The van der Waals surface area contributed by atoms with Crippen molar-refractivity contribution < 1.29 is 9.53 Å². The van der Waals surface area contributed by atoms with Gasteiger partial charge in [0.1, 0.15) is 0 Å². The highest BCUT2D eigenvalue weighted by Gasteiger charge is 2.27. The summed E-state index contributed by atoms with van der Waals surface area (Å²) >= 11 is 0. The number of carbonyl (C=O) groups excluding carboxylic acids is 1. The minimum atomic E-state index is 0.119. The molecule has 1 fully saturated rings. The van der Waals surface area contributed by atoms with Crippen LogP contribution in [0.2, 0.25) is 0 Å². The van der Waals surface area contributed by atoms with Crippen molar-refractivity contribution in [2.75, 3.05) is 20.2 Å². The van der Waals surface area contributed by atoms with Gasteiger partial charge in [0.2, 0.25) is 5.91 Å². The summed E-state index contributed by atoms with van der Waals surface area (Å²) in [6.45, 7) is 5.89. The van der Waals surface area contributed by atoms with E-state index in [4.69, 9.17) is 4.74 Å². The maximum atomic E-state index is 11.6. The second-order valence-corrected chi connectivity index (χ2v) is 4.54. The fourth-order valence-electron chi connectivity index (χ4n) is 1.75. The third-order valence-corrected chi connectivity index (χ3v) is 2.76. The Balaban J connectivity index is 2.24. The molecule has 88 valence electrons. The van der Waals surface area contributed by atoms with Crippen LogP contribution in [0.5, 0.6) is 0 Å². The van der Waals surface area contributed by atoms with Crippen molar-refractivity contribution in [3.05, 3.63) is 0 Å². The monoisotopic (exact) mass is 214 g/mol. The van der Waals surface area contributed by atoms with Crippen molar-refractivity contribution in [1.29, 1.82) is 0 Å². The normalized spacial score (nSPS) is 25.9. The van der Waals surface area contributed by atoms with Crippen LogP contribution < -0.4 is 10.6 Å². The smallest absolute Gasteiger partial charge is 0.220 e. The number of amides is 1. The molecular weight excluding hydrogens is 192 g/mol. The van der Waals surface area contributed by atoms with E-state index in [1.165, 1.54) is 0 Å². The molecule has 1 amide bonds. The minimum Gasteiger partial charge on any atom is -0.378 e. The number of nitrogens with one attached hydrogen (secondary N) is 2. The second-order valence-electron chi connectivity index (χ2n) is 4.54. The molecule has 0 spiro atoms. The van der Waals surface area contributed by atoms with Crippen molar-refractivity contribution >= 4 is 5.91 Å². The first-order valence-electron chi connectivity index (χ1n) is 5.66. The molecule has 0 aliphatic carbocycles. The van der Waals surface area contributed by atoms with E-state index in [0.29, 0.717) is 12.3 Å². The van der Waals surface area contributed by atoms with Gasteiger partial charge in [0, 0.05) is 26.6 Å². The Labute approximate surface area is 91.8 Å². The summed E-state index contributed by atoms with van der Waals surface area (Å²) < 4.78 is 5.27. The number of ether oxygens (including phenoxy) is 1. The Bertz CT molecular complexity index is 207. The lowest BCUT2D eigenvalue weighted by molar-refractivity contribution is -0.122. The number of hydrogen-bond acceptors (Lipinski definition) is 3. The maximum absolute atomic E-state index is 11.6. The van der Waals surface area contributed by atoms with Crippen molar-refractivity contribution in [2.24, 2.45) is 5.92 Å². The van der Waals surface area contributed by atoms with Crippen LogP contribution in [-0.2, 0) is 9.53 Å². The average molecular weight is 214 g/mol. The molecule has 0 radical (unpaired) electrons. The molecule has 0 aromatic heterocycles. The predicted octanol–water partition coefficient (Wildman–Crippen LogP) is 0.526. The summed E-state index contributed by atoms with van der Waals surface area (Å²) in [5, 5.41) is 6.21. The van der Waals surface area contributed by atoms with E-state index >= 15 is 0 Å². The lowest BCUT2D eigenvalue weighted by atomic mass is 10.1. The molecule has 2 N–H and O–H groups in total. The van der Waals surface area contributed by atoms with Crippen molar-refractivity contribution in [3.63, 3.8) is 0 Å². The van der Waals surface area contributed by atoms with Crippen LogP contribution in [0.4, 0.5) is 0 Å². The summed E-state index contributed by atoms with van der Waals surface area (Å²) in [7, 11) is 1.69. The fourth-order valence-corrected chi connectivity index (χ4v) is 1.75. The molecule has 1 rings (SSSR count). The van der Waals surface area contributed by atoms with Crippen molar-refractivity contribution in [3.8, 4) is 0 Å². The van der Waals surface area contributed by atoms with Gasteiger partial charge in [-0.2, -0.15) is 0 Å². The first kappa shape index (κ1) is 12.5. The largest absolute Gasteiger partial charge is 0.378 e. The molecule has 2 atom stereocenters. The van der Waals surface area contributed by atoms with Gasteiger partial charge in [0.05, 0.1) is 12.1 Å². The first-order valence-corrected chi connectivity index (χ1v) is 5.66. The Morgan fingerprint density at radius 1 is 1.53 bits per heavy atom. The topological polar surface area (TPSA) is 50.4 Å². The molecule has 1 heterocycles. The Morgan fingerprint density at radius 3 is 2.87 bits per heavy atom. The van der Waals surface area contributed by atoms with Gasteiger partial charge >= 0.3 is 0 Å². The molecule has 0 aromatic carbocycles. The van der Waals surface area contributed by atoms with Gasteiger partial charge in [-0.15, -0.1) is 0 Å². The first-order chi connectivity index (χ1) is 7.13. The zero-order valence-corrected chi connectivity index (χ0v) is 9.88. The summed E-state index contributed by atoms with van der Waals surface area (Å²) in [4.78, 5) is 11.6. The molecular formula is C11H22N2O2. The van der Waals surface area contributed by atoms with Crippen LogP contribution >= 0.6 is 0 Å². The van der Waals surface area contributed by atoms with E-state index in [-0.39, 0.29) is 18.1 Å². The molecule has 4 nitrogen and oxygen atoms in total. The van der Waals surface area contributed by atoms with Gasteiger partial charge in [-0.1, -0.05) is 13.8 Å². The SMILES string of the molecule is CO[C@H]1CNCC1NC(=O)CCC(C)C. The fraction of sp³-hybridized carbons (Fsp3) is 0.909. The average Bonchev–Trinajstić information content (AvgIpc) is 2.62. The number of methoxy groups -OCH3 is 1. The van der Waals surface area contributed by atoms with Gasteiger partial charge < -0.3 is 15.4 Å². The molecule has 15 heavy (non-hydrogen) atoms. The molecule has 1 aliphatic rings. The molecule has 0 aromatic rings.